The largest absolute Gasteiger partial charge is 0.206 e. The molecular weight excluding hydrogens is 295 g/mol. The number of halogens is 2. The Morgan fingerprint density at radius 1 is 0.941 bits per heavy atom. The van der Waals surface area contributed by atoms with E-state index in [1.165, 1.54) is 10.4 Å². The Kier molecular flexibility index (Phi) is 2.32. The topological polar surface area (TPSA) is 0 Å². The molecule has 3 heteroatoms. The Hall–Kier alpha value is -0.933. The highest BCUT2D eigenvalue weighted by molar-refractivity contribution is 9.10. The molecule has 0 saturated carbocycles. The molecule has 1 aliphatic heterocycles. The molecule has 0 nitrogen and oxygen atoms in total. The van der Waals surface area contributed by atoms with E-state index in [1.807, 2.05) is 18.2 Å². The van der Waals surface area contributed by atoms with E-state index in [1.54, 1.807) is 6.07 Å². The van der Waals surface area contributed by atoms with E-state index in [4.69, 9.17) is 0 Å². The zero-order valence-electron chi connectivity index (χ0n) is 9.72. The molecule has 1 aliphatic rings. The average Bonchev–Trinajstić information content (AvgIpc) is 2.52. The van der Waals surface area contributed by atoms with Crippen molar-refractivity contribution in [3.05, 3.63) is 46.7 Å². The van der Waals surface area contributed by atoms with Gasteiger partial charge in [-0.1, -0.05) is 53.3 Å². The van der Waals surface area contributed by atoms with Gasteiger partial charge < -0.3 is 0 Å². The van der Waals surface area contributed by atoms with Gasteiger partial charge in [0.25, 0.3) is 0 Å². The van der Waals surface area contributed by atoms with Crippen LogP contribution < -0.4 is 10.4 Å². The van der Waals surface area contributed by atoms with Gasteiger partial charge >= 0.3 is 0 Å². The van der Waals surface area contributed by atoms with E-state index in [-0.39, 0.29) is 5.82 Å². The smallest absolute Gasteiger partial charge is 0.130 e. The molecule has 0 amide bonds. The molecule has 86 valence electrons. The van der Waals surface area contributed by atoms with Crippen LogP contribution in [0, 0.1) is 5.82 Å². The fourth-order valence-electron chi connectivity index (χ4n) is 2.74. The van der Waals surface area contributed by atoms with Crippen molar-refractivity contribution < 1.29 is 4.39 Å². The van der Waals surface area contributed by atoms with E-state index in [0.29, 0.717) is 0 Å². The second-order valence-electron chi connectivity index (χ2n) is 4.95. The lowest BCUT2D eigenvalue weighted by molar-refractivity contribution is 0.632. The van der Waals surface area contributed by atoms with Crippen LogP contribution in [-0.2, 0) is 0 Å². The van der Waals surface area contributed by atoms with Crippen molar-refractivity contribution in [3.8, 4) is 11.1 Å². The van der Waals surface area contributed by atoms with Crippen molar-refractivity contribution in [2.75, 3.05) is 0 Å². The molecule has 0 N–H and O–H groups in total. The first-order chi connectivity index (χ1) is 8.03. The van der Waals surface area contributed by atoms with Crippen LogP contribution >= 0.6 is 15.9 Å². The molecule has 17 heavy (non-hydrogen) atoms. The molecule has 0 fully saturated rings. The standard InChI is InChI=1S/C14H12BrFSi/c1-17(2)11-7-3-5-9(15)13(11)14-10(16)6-4-8-12(14)17/h3-8H,1-2H3. The van der Waals surface area contributed by atoms with E-state index in [9.17, 15) is 4.39 Å². The van der Waals surface area contributed by atoms with Gasteiger partial charge in [-0.3, -0.25) is 0 Å². The van der Waals surface area contributed by atoms with Crippen molar-refractivity contribution in [2.45, 2.75) is 13.1 Å². The predicted octanol–water partition coefficient (Wildman–Crippen LogP) is 3.39. The van der Waals surface area contributed by atoms with Crippen LogP contribution in [-0.4, -0.2) is 8.07 Å². The molecule has 0 bridgehead atoms. The Morgan fingerprint density at radius 2 is 1.53 bits per heavy atom. The van der Waals surface area contributed by atoms with Gasteiger partial charge in [0, 0.05) is 10.0 Å². The molecule has 1 heterocycles. The minimum absolute atomic E-state index is 0.103. The number of hydrogen-bond acceptors (Lipinski definition) is 0. The average molecular weight is 307 g/mol. The maximum atomic E-state index is 14.1. The van der Waals surface area contributed by atoms with Crippen LogP contribution in [0.2, 0.25) is 13.1 Å². The van der Waals surface area contributed by atoms with Gasteiger partial charge in [0.15, 0.2) is 0 Å². The van der Waals surface area contributed by atoms with Gasteiger partial charge in [0.1, 0.15) is 13.9 Å². The summed E-state index contributed by atoms with van der Waals surface area (Å²) >= 11 is 3.56. The Labute approximate surface area is 110 Å². The van der Waals surface area contributed by atoms with Crippen LogP contribution in [0.3, 0.4) is 0 Å². The van der Waals surface area contributed by atoms with Gasteiger partial charge in [-0.15, -0.1) is 0 Å². The number of fused-ring (bicyclic) bond motifs is 3. The molecule has 0 atom stereocenters. The normalized spacial score (nSPS) is 15.5. The van der Waals surface area contributed by atoms with Crippen LogP contribution in [0.4, 0.5) is 4.39 Å². The summed E-state index contributed by atoms with van der Waals surface area (Å²) in [6, 6.07) is 11.6. The zero-order chi connectivity index (χ0) is 12.2. The van der Waals surface area contributed by atoms with Crippen molar-refractivity contribution in [2.24, 2.45) is 0 Å². The molecule has 2 aromatic carbocycles. The van der Waals surface area contributed by atoms with Crippen molar-refractivity contribution in [3.63, 3.8) is 0 Å². The highest BCUT2D eigenvalue weighted by Crippen LogP contribution is 2.35. The molecule has 0 aromatic heterocycles. The van der Waals surface area contributed by atoms with E-state index >= 15 is 0 Å². The van der Waals surface area contributed by atoms with Crippen molar-refractivity contribution in [1.29, 1.82) is 0 Å². The highest BCUT2D eigenvalue weighted by Gasteiger charge is 2.39. The summed E-state index contributed by atoms with van der Waals surface area (Å²) in [6.07, 6.45) is 0. The summed E-state index contributed by atoms with van der Waals surface area (Å²) in [5, 5.41) is 2.53. The monoisotopic (exact) mass is 306 g/mol. The quantitative estimate of drug-likeness (QED) is 0.655. The van der Waals surface area contributed by atoms with Gasteiger partial charge in [0.2, 0.25) is 0 Å². The summed E-state index contributed by atoms with van der Waals surface area (Å²) < 4.78 is 15.1. The Morgan fingerprint density at radius 3 is 2.24 bits per heavy atom. The molecular formula is C14H12BrFSi. The molecule has 3 rings (SSSR count). The predicted molar refractivity (Wildman–Crippen MR) is 76.3 cm³/mol. The number of benzene rings is 2. The summed E-state index contributed by atoms with van der Waals surface area (Å²) in [5.74, 6) is -0.103. The summed E-state index contributed by atoms with van der Waals surface area (Å²) in [6.45, 7) is 4.56. The minimum atomic E-state index is -1.71. The van der Waals surface area contributed by atoms with Crippen molar-refractivity contribution in [1.82, 2.24) is 0 Å². The molecule has 0 aliphatic carbocycles. The molecule has 0 unspecified atom stereocenters. The van der Waals surface area contributed by atoms with Crippen LogP contribution in [0.5, 0.6) is 0 Å². The summed E-state index contributed by atoms with van der Waals surface area (Å²) in [7, 11) is -1.71. The summed E-state index contributed by atoms with van der Waals surface area (Å²) in [5.41, 5.74) is 1.88. The molecule has 0 spiro atoms. The fourth-order valence-corrected chi connectivity index (χ4v) is 6.56. The lowest BCUT2D eigenvalue weighted by atomic mass is 10.1. The fraction of sp³-hybridized carbons (Fsp3) is 0.143. The third kappa shape index (κ3) is 1.39. The Balaban J connectivity index is 2.49. The van der Waals surface area contributed by atoms with Crippen molar-refractivity contribution >= 4 is 34.4 Å². The van der Waals surface area contributed by atoms with Gasteiger partial charge in [-0.2, -0.15) is 0 Å². The van der Waals surface area contributed by atoms with Crippen LogP contribution in [0.15, 0.2) is 40.9 Å². The number of rotatable bonds is 0. The lowest BCUT2D eigenvalue weighted by Gasteiger charge is -2.18. The maximum absolute atomic E-state index is 14.1. The lowest BCUT2D eigenvalue weighted by Crippen LogP contribution is -2.49. The SMILES string of the molecule is C[Si]1(C)c2cccc(F)c2-c2c(Br)cccc21. The molecule has 0 saturated heterocycles. The summed E-state index contributed by atoms with van der Waals surface area (Å²) in [4.78, 5) is 0. The van der Waals surface area contributed by atoms with Crippen LogP contribution in [0.1, 0.15) is 0 Å². The molecule has 2 aromatic rings. The van der Waals surface area contributed by atoms with Gasteiger partial charge in [-0.25, -0.2) is 4.39 Å². The third-order valence-corrected chi connectivity index (χ3v) is 7.81. The Bertz CT molecular complexity index is 566. The third-order valence-electron chi connectivity index (χ3n) is 3.62. The van der Waals surface area contributed by atoms with Gasteiger partial charge in [0.05, 0.1) is 0 Å². The first-order valence-corrected chi connectivity index (χ1v) is 9.41. The van der Waals surface area contributed by atoms with Gasteiger partial charge in [-0.05, 0) is 28.1 Å². The maximum Gasteiger partial charge on any atom is 0.130 e. The second-order valence-corrected chi connectivity index (χ2v) is 10.1. The first kappa shape index (κ1) is 11.2. The highest BCUT2D eigenvalue weighted by atomic mass is 79.9. The number of hydrogen-bond donors (Lipinski definition) is 0. The van der Waals surface area contributed by atoms with E-state index in [2.05, 4.69) is 41.2 Å². The van der Waals surface area contributed by atoms with Crippen LogP contribution in [0.25, 0.3) is 11.1 Å². The van der Waals surface area contributed by atoms with E-state index in [0.717, 1.165) is 15.6 Å². The zero-order valence-corrected chi connectivity index (χ0v) is 12.3. The van der Waals surface area contributed by atoms with E-state index < -0.39 is 8.07 Å². The second kappa shape index (κ2) is 3.53. The molecule has 0 radical (unpaired) electrons. The first-order valence-electron chi connectivity index (χ1n) is 5.62. The minimum Gasteiger partial charge on any atom is -0.206 e.